The maximum absolute atomic E-state index is 8.63. The summed E-state index contributed by atoms with van der Waals surface area (Å²) in [4.78, 5) is 9.61. The van der Waals surface area contributed by atoms with Crippen LogP contribution in [0.2, 0.25) is 0 Å². The van der Waals surface area contributed by atoms with Gasteiger partial charge < -0.3 is 9.88 Å². The first-order valence-electron chi connectivity index (χ1n) is 7.68. The van der Waals surface area contributed by atoms with Crippen LogP contribution in [0.15, 0.2) is 53.6 Å². The lowest BCUT2D eigenvalue weighted by molar-refractivity contribution is 0.905. The van der Waals surface area contributed by atoms with Gasteiger partial charge in [-0.25, -0.2) is 10.4 Å². The fraction of sp³-hybridized carbons (Fsp3) is 0.167. The maximum atomic E-state index is 8.63. The number of hydrogen-bond acceptors (Lipinski definition) is 5. The zero-order chi connectivity index (χ0) is 16.8. The van der Waals surface area contributed by atoms with Crippen molar-refractivity contribution in [3.63, 3.8) is 0 Å². The summed E-state index contributed by atoms with van der Waals surface area (Å²) in [6.45, 7) is 0.720. The number of nitrogens with zero attached hydrogens (tertiary/aromatic N) is 4. The van der Waals surface area contributed by atoms with Crippen LogP contribution >= 0.6 is 0 Å². The predicted octanol–water partition coefficient (Wildman–Crippen LogP) is 3.36. The average molecular weight is 318 g/mol. The molecular formula is C18H18N6. The minimum Gasteiger partial charge on any atom is -0.374 e. The third kappa shape index (κ3) is 3.70. The lowest BCUT2D eigenvalue weighted by Gasteiger charge is -2.17. The minimum absolute atomic E-state index is 0.515. The molecule has 2 N–H and O–H groups in total. The van der Waals surface area contributed by atoms with Gasteiger partial charge in [-0.05, 0) is 29.8 Å². The molecule has 0 amide bonds. The number of imidazole rings is 1. The van der Waals surface area contributed by atoms with Crippen molar-refractivity contribution in [1.29, 1.82) is 5.26 Å². The second kappa shape index (κ2) is 7.29. The molecule has 1 aromatic heterocycles. The molecule has 0 saturated heterocycles. The molecule has 1 heterocycles. The maximum Gasteiger partial charge on any atom is 0.222 e. The van der Waals surface area contributed by atoms with Gasteiger partial charge in [0.1, 0.15) is 0 Å². The summed E-state index contributed by atoms with van der Waals surface area (Å²) in [5.41, 5.74) is 6.84. The summed E-state index contributed by atoms with van der Waals surface area (Å²) in [6.07, 6.45) is 2.26. The van der Waals surface area contributed by atoms with E-state index in [4.69, 9.17) is 5.26 Å². The lowest BCUT2D eigenvalue weighted by atomic mass is 10.2. The molecule has 3 rings (SSSR count). The van der Waals surface area contributed by atoms with Gasteiger partial charge in [-0.1, -0.05) is 24.3 Å². The van der Waals surface area contributed by atoms with E-state index in [9.17, 15) is 0 Å². The van der Waals surface area contributed by atoms with Crippen molar-refractivity contribution in [3.05, 3.63) is 54.1 Å². The highest BCUT2D eigenvalue weighted by atomic mass is 15.3. The van der Waals surface area contributed by atoms with Crippen molar-refractivity contribution in [1.82, 2.24) is 9.97 Å². The van der Waals surface area contributed by atoms with Crippen molar-refractivity contribution in [3.8, 4) is 6.07 Å². The van der Waals surface area contributed by atoms with Gasteiger partial charge in [0.25, 0.3) is 0 Å². The molecule has 0 aliphatic heterocycles. The normalized spacial score (nSPS) is 10.8. The van der Waals surface area contributed by atoms with Gasteiger partial charge in [-0.2, -0.15) is 10.4 Å². The number of hydrazone groups is 1. The van der Waals surface area contributed by atoms with E-state index < -0.39 is 0 Å². The Balaban J connectivity index is 1.61. The molecule has 0 bridgehead atoms. The van der Waals surface area contributed by atoms with E-state index in [0.29, 0.717) is 12.4 Å². The predicted molar refractivity (Wildman–Crippen MR) is 97.3 cm³/mol. The van der Waals surface area contributed by atoms with Crippen molar-refractivity contribution in [2.75, 3.05) is 23.9 Å². The van der Waals surface area contributed by atoms with E-state index in [1.807, 2.05) is 55.6 Å². The summed E-state index contributed by atoms with van der Waals surface area (Å²) in [7, 11) is 1.98. The number of aromatic nitrogens is 2. The zero-order valence-electron chi connectivity index (χ0n) is 13.4. The quantitative estimate of drug-likeness (QED) is 0.539. The molecule has 0 radical (unpaired) electrons. The summed E-state index contributed by atoms with van der Waals surface area (Å²) in [5, 5.41) is 12.8. The molecule has 120 valence electrons. The van der Waals surface area contributed by atoms with Gasteiger partial charge in [-0.15, -0.1) is 0 Å². The Morgan fingerprint density at radius 1 is 1.25 bits per heavy atom. The zero-order valence-corrected chi connectivity index (χ0v) is 13.4. The highest BCUT2D eigenvalue weighted by molar-refractivity contribution is 5.81. The molecule has 0 fully saturated rings. The fourth-order valence-electron chi connectivity index (χ4n) is 2.34. The van der Waals surface area contributed by atoms with Crippen LogP contribution in [0.1, 0.15) is 12.0 Å². The van der Waals surface area contributed by atoms with Gasteiger partial charge >= 0.3 is 0 Å². The minimum atomic E-state index is 0.515. The topological polar surface area (TPSA) is 80.1 Å². The van der Waals surface area contributed by atoms with Crippen LogP contribution in [-0.4, -0.2) is 29.8 Å². The van der Waals surface area contributed by atoms with Crippen LogP contribution in [0.5, 0.6) is 0 Å². The molecule has 0 aliphatic carbocycles. The number of para-hydroxylation sites is 2. The van der Waals surface area contributed by atoms with Crippen molar-refractivity contribution >= 4 is 28.9 Å². The third-order valence-electron chi connectivity index (χ3n) is 3.67. The Labute approximate surface area is 140 Å². The molecular weight excluding hydrogens is 300 g/mol. The number of fused-ring (bicyclic) bond motifs is 1. The molecule has 0 aliphatic rings. The average Bonchev–Trinajstić information content (AvgIpc) is 3.03. The SMILES string of the molecule is CN(CCC#N)c1ccc(/C=N\Nc2nc3ccccc3[nH]2)cc1. The summed E-state index contributed by atoms with van der Waals surface area (Å²) in [6, 6.07) is 18.0. The standard InChI is InChI=1S/C18H18N6/c1-24(12-4-11-19)15-9-7-14(8-10-15)13-20-23-18-21-16-5-2-3-6-17(16)22-18/h2-3,5-10,13H,4,12H2,1H3,(H2,21,22,23)/b20-13-. The number of rotatable bonds is 6. The lowest BCUT2D eigenvalue weighted by Crippen LogP contribution is -2.17. The largest absolute Gasteiger partial charge is 0.374 e. The van der Waals surface area contributed by atoms with E-state index in [2.05, 4.69) is 31.5 Å². The van der Waals surface area contributed by atoms with E-state index in [1.165, 1.54) is 0 Å². The number of anilines is 2. The summed E-state index contributed by atoms with van der Waals surface area (Å²) < 4.78 is 0. The fourth-order valence-corrected chi connectivity index (χ4v) is 2.34. The monoisotopic (exact) mass is 318 g/mol. The molecule has 3 aromatic rings. The second-order valence-electron chi connectivity index (χ2n) is 5.39. The summed E-state index contributed by atoms with van der Waals surface area (Å²) in [5.74, 6) is 0.611. The molecule has 0 unspecified atom stereocenters. The number of hydrogen-bond donors (Lipinski definition) is 2. The number of H-pyrrole nitrogens is 1. The third-order valence-corrected chi connectivity index (χ3v) is 3.67. The van der Waals surface area contributed by atoms with Crippen molar-refractivity contribution in [2.24, 2.45) is 5.10 Å². The first-order valence-corrected chi connectivity index (χ1v) is 7.68. The first-order chi connectivity index (χ1) is 11.8. The van der Waals surface area contributed by atoms with Crippen LogP contribution in [-0.2, 0) is 0 Å². The molecule has 0 atom stereocenters. The second-order valence-corrected chi connectivity index (χ2v) is 5.39. The van der Waals surface area contributed by atoms with E-state index in [-0.39, 0.29) is 0 Å². The van der Waals surface area contributed by atoms with Crippen LogP contribution in [0.3, 0.4) is 0 Å². The Bertz CT molecular complexity index is 839. The van der Waals surface area contributed by atoms with E-state index >= 15 is 0 Å². The Morgan fingerprint density at radius 3 is 2.79 bits per heavy atom. The van der Waals surface area contributed by atoms with Crippen LogP contribution in [0, 0.1) is 11.3 Å². The van der Waals surface area contributed by atoms with Crippen molar-refractivity contribution < 1.29 is 0 Å². The van der Waals surface area contributed by atoms with Gasteiger partial charge in [-0.3, -0.25) is 0 Å². The Kier molecular flexibility index (Phi) is 4.73. The van der Waals surface area contributed by atoms with E-state index in [1.54, 1.807) is 6.21 Å². The molecule has 24 heavy (non-hydrogen) atoms. The molecule has 6 heteroatoms. The number of nitrogens with one attached hydrogen (secondary N) is 2. The highest BCUT2D eigenvalue weighted by Gasteiger charge is 2.01. The van der Waals surface area contributed by atoms with E-state index in [0.717, 1.165) is 28.8 Å². The summed E-state index contributed by atoms with van der Waals surface area (Å²) >= 11 is 0. The van der Waals surface area contributed by atoms with Gasteiger partial charge in [0.05, 0.1) is 29.7 Å². The highest BCUT2D eigenvalue weighted by Crippen LogP contribution is 2.14. The van der Waals surface area contributed by atoms with Crippen LogP contribution in [0.4, 0.5) is 11.6 Å². The number of benzene rings is 2. The Hall–Kier alpha value is -3.33. The molecule has 6 nitrogen and oxygen atoms in total. The van der Waals surface area contributed by atoms with Gasteiger partial charge in [0.15, 0.2) is 0 Å². The van der Waals surface area contributed by atoms with Crippen LogP contribution < -0.4 is 10.3 Å². The van der Waals surface area contributed by atoms with Crippen molar-refractivity contribution in [2.45, 2.75) is 6.42 Å². The molecule has 0 saturated carbocycles. The van der Waals surface area contributed by atoms with Gasteiger partial charge in [0.2, 0.25) is 5.95 Å². The van der Waals surface area contributed by atoms with Gasteiger partial charge in [0, 0.05) is 19.3 Å². The number of nitriles is 1. The first kappa shape index (κ1) is 15.6. The molecule has 2 aromatic carbocycles. The smallest absolute Gasteiger partial charge is 0.222 e. The Morgan fingerprint density at radius 2 is 2.04 bits per heavy atom. The van der Waals surface area contributed by atoms with Crippen LogP contribution in [0.25, 0.3) is 11.0 Å². The number of aromatic amines is 1. The molecule has 0 spiro atoms.